The second kappa shape index (κ2) is 13.2. The van der Waals surface area contributed by atoms with Gasteiger partial charge in [0.15, 0.2) is 5.78 Å². The molecule has 1 N–H and O–H groups in total. The van der Waals surface area contributed by atoms with Crippen LogP contribution in [-0.2, 0) is 24.9 Å². The molecule has 6 heteroatoms. The molecule has 0 fully saturated rings. The quantitative estimate of drug-likeness (QED) is 0.108. The third-order valence-corrected chi connectivity index (χ3v) is 8.13. The van der Waals surface area contributed by atoms with Gasteiger partial charge in [0.05, 0.1) is 16.0 Å². The van der Waals surface area contributed by atoms with Crippen molar-refractivity contribution in [2.24, 2.45) is 0 Å². The molecule has 1 radical (unpaired) electrons. The SMILES string of the molecule is CC(=O)/C=C(/C)O.CC(C)c1cccc(C(C)C)c1-c1cc2cc(-c3[c-]ccc4c3oc3ccccc34)ncc2s1.[Ir]. The van der Waals surface area contributed by atoms with Crippen LogP contribution in [0.1, 0.15) is 64.5 Å². The number of ketones is 1. The van der Waals surface area contributed by atoms with Crippen molar-refractivity contribution in [1.82, 2.24) is 4.98 Å². The Hall–Kier alpha value is -3.57. The summed E-state index contributed by atoms with van der Waals surface area (Å²) in [6.07, 6.45) is 3.17. The van der Waals surface area contributed by atoms with E-state index in [0.29, 0.717) is 11.8 Å². The number of furan rings is 1. The van der Waals surface area contributed by atoms with Gasteiger partial charge in [-0.15, -0.1) is 29.5 Å². The number of hydrogen-bond acceptors (Lipinski definition) is 5. The number of hydrogen-bond donors (Lipinski definition) is 1. The van der Waals surface area contributed by atoms with Gasteiger partial charge >= 0.3 is 0 Å². The van der Waals surface area contributed by atoms with Gasteiger partial charge in [-0.05, 0) is 65.6 Å². The van der Waals surface area contributed by atoms with Crippen molar-refractivity contribution in [2.45, 2.75) is 53.4 Å². The van der Waals surface area contributed by atoms with E-state index >= 15 is 0 Å². The molecule has 42 heavy (non-hydrogen) atoms. The summed E-state index contributed by atoms with van der Waals surface area (Å²) in [7, 11) is 0. The molecule has 6 rings (SSSR count). The largest absolute Gasteiger partial charge is 0.512 e. The number of fused-ring (bicyclic) bond motifs is 4. The second-order valence-electron chi connectivity index (χ2n) is 10.9. The Balaban J connectivity index is 0.000000454. The topological polar surface area (TPSA) is 63.3 Å². The Morgan fingerprint density at radius 2 is 1.64 bits per heavy atom. The predicted octanol–water partition coefficient (Wildman–Crippen LogP) is 10.6. The molecule has 0 aliphatic carbocycles. The average Bonchev–Trinajstić information content (AvgIpc) is 3.53. The maximum atomic E-state index is 10.0. The molecule has 0 aliphatic rings. The van der Waals surface area contributed by atoms with Crippen molar-refractivity contribution in [3.63, 3.8) is 0 Å². The van der Waals surface area contributed by atoms with Crippen molar-refractivity contribution >= 4 is 49.1 Å². The van der Waals surface area contributed by atoms with Crippen LogP contribution >= 0.6 is 11.3 Å². The third-order valence-electron chi connectivity index (χ3n) is 7.03. The number of thiophene rings is 1. The monoisotopic (exact) mass is 753 g/mol. The molecule has 0 bridgehead atoms. The zero-order valence-electron chi connectivity index (χ0n) is 24.6. The Morgan fingerprint density at radius 3 is 2.26 bits per heavy atom. The predicted molar refractivity (Wildman–Crippen MR) is 172 cm³/mol. The molecule has 3 aromatic heterocycles. The summed E-state index contributed by atoms with van der Waals surface area (Å²) >= 11 is 1.83. The van der Waals surface area contributed by atoms with Crippen LogP contribution in [0.15, 0.2) is 89.2 Å². The molecule has 217 valence electrons. The van der Waals surface area contributed by atoms with E-state index in [4.69, 9.17) is 14.5 Å². The van der Waals surface area contributed by atoms with E-state index < -0.39 is 0 Å². The van der Waals surface area contributed by atoms with Crippen molar-refractivity contribution in [3.05, 3.63) is 102 Å². The molecule has 6 aromatic rings. The Kier molecular flexibility index (Phi) is 9.83. The van der Waals surface area contributed by atoms with Crippen molar-refractivity contribution < 1.29 is 34.4 Å². The minimum Gasteiger partial charge on any atom is -0.512 e. The van der Waals surface area contributed by atoms with Gasteiger partial charge in [-0.2, -0.15) is 0 Å². The summed E-state index contributed by atoms with van der Waals surface area (Å²) in [5.41, 5.74) is 7.75. The summed E-state index contributed by atoms with van der Waals surface area (Å²) in [5.74, 6) is 0.869. The fourth-order valence-corrected chi connectivity index (χ4v) is 6.32. The first-order chi connectivity index (χ1) is 19.6. The van der Waals surface area contributed by atoms with Crippen LogP contribution in [0, 0.1) is 6.07 Å². The molecule has 3 aromatic carbocycles. The van der Waals surface area contributed by atoms with Crippen molar-refractivity contribution in [2.75, 3.05) is 0 Å². The van der Waals surface area contributed by atoms with Gasteiger partial charge in [0.2, 0.25) is 0 Å². The number of pyridine rings is 1. The molecule has 0 saturated heterocycles. The Morgan fingerprint density at radius 1 is 0.952 bits per heavy atom. The second-order valence-corrected chi connectivity index (χ2v) is 12.0. The summed E-state index contributed by atoms with van der Waals surface area (Å²) < 4.78 is 7.44. The fraction of sp³-hybridized carbons (Fsp3) is 0.222. The smallest absolute Gasteiger partial charge is 0.155 e. The minimum atomic E-state index is -0.125. The first kappa shape index (κ1) is 31.4. The van der Waals surface area contributed by atoms with Crippen molar-refractivity contribution in [3.8, 4) is 21.7 Å². The standard InChI is InChI=1S/C31H26NOS.C5H8O2.Ir/c1-18(2)21-10-7-11-22(19(3)4)30(21)28-16-20-15-26(32-17-29(20)34-28)25-13-8-12-24-23-9-5-6-14-27(23)33-31(24)25;1-4(6)3-5(2)7;/h5-12,14-19H,1-4H3;3,6H,1-2H3;/q-1;;/b;4-3-;. The number of para-hydroxylation sites is 1. The van der Waals surface area contributed by atoms with E-state index in [0.717, 1.165) is 33.2 Å². The molecule has 0 unspecified atom stereocenters. The van der Waals surface area contributed by atoms with E-state index in [1.165, 1.54) is 51.6 Å². The van der Waals surface area contributed by atoms with Gasteiger partial charge in [-0.3, -0.25) is 4.79 Å². The first-order valence-electron chi connectivity index (χ1n) is 13.9. The average molecular weight is 753 g/mol. The first-order valence-corrected chi connectivity index (χ1v) is 14.7. The maximum Gasteiger partial charge on any atom is 0.155 e. The minimum absolute atomic E-state index is 0. The molecule has 0 aliphatic heterocycles. The number of benzene rings is 3. The summed E-state index contributed by atoms with van der Waals surface area (Å²) in [6, 6.07) is 26.9. The van der Waals surface area contributed by atoms with Crippen LogP contribution in [0.2, 0.25) is 0 Å². The number of nitrogens with zero attached hydrogens (tertiary/aromatic N) is 1. The molecule has 0 saturated carbocycles. The number of aliphatic hydroxyl groups excluding tert-OH is 1. The molecule has 0 amide bonds. The molecular formula is C36H34IrNO3S-. The van der Waals surface area contributed by atoms with Crippen LogP contribution < -0.4 is 0 Å². The van der Waals surface area contributed by atoms with Gasteiger partial charge in [-0.25, -0.2) is 0 Å². The zero-order chi connectivity index (χ0) is 29.3. The molecule has 4 nitrogen and oxygen atoms in total. The number of carbonyl (C=O) groups excluding carboxylic acids is 1. The van der Waals surface area contributed by atoms with Gasteiger partial charge in [0.1, 0.15) is 5.58 Å². The van der Waals surface area contributed by atoms with E-state index in [9.17, 15) is 4.79 Å². The van der Waals surface area contributed by atoms with Crippen LogP contribution in [0.25, 0.3) is 53.7 Å². The van der Waals surface area contributed by atoms with Crippen molar-refractivity contribution in [1.29, 1.82) is 0 Å². The van der Waals surface area contributed by atoms with E-state index in [1.807, 2.05) is 41.8 Å². The number of rotatable bonds is 5. The van der Waals surface area contributed by atoms with Gasteiger partial charge in [0.25, 0.3) is 0 Å². The zero-order valence-corrected chi connectivity index (χ0v) is 27.8. The molecule has 0 spiro atoms. The molecular weight excluding hydrogens is 719 g/mol. The van der Waals surface area contributed by atoms with Crippen LogP contribution in [0.4, 0.5) is 0 Å². The number of allylic oxidation sites excluding steroid dienone is 2. The Bertz CT molecular complexity index is 1880. The fourth-order valence-electron chi connectivity index (χ4n) is 5.22. The maximum absolute atomic E-state index is 10.0. The van der Waals surface area contributed by atoms with E-state index in [2.05, 4.69) is 76.2 Å². The Labute approximate surface area is 264 Å². The van der Waals surface area contributed by atoms with Crippen LogP contribution in [0.5, 0.6) is 0 Å². The number of aromatic nitrogens is 1. The van der Waals surface area contributed by atoms with Gasteiger partial charge in [-0.1, -0.05) is 81.1 Å². The summed E-state index contributed by atoms with van der Waals surface area (Å²) in [6.45, 7) is 12.0. The number of carbonyl (C=O) groups is 1. The van der Waals surface area contributed by atoms with Crippen LogP contribution in [-0.4, -0.2) is 15.9 Å². The summed E-state index contributed by atoms with van der Waals surface area (Å²) in [4.78, 5) is 16.2. The van der Waals surface area contributed by atoms with Crippen LogP contribution in [0.3, 0.4) is 0 Å². The molecule has 0 atom stereocenters. The van der Waals surface area contributed by atoms with Gasteiger partial charge in [0, 0.05) is 42.6 Å². The number of aliphatic hydroxyl groups is 1. The summed E-state index contributed by atoms with van der Waals surface area (Å²) in [5, 5.41) is 11.8. The third kappa shape index (κ3) is 6.41. The van der Waals surface area contributed by atoms with Gasteiger partial charge < -0.3 is 14.5 Å². The van der Waals surface area contributed by atoms with E-state index in [1.54, 1.807) is 0 Å². The normalized spacial score (nSPS) is 11.7. The molecule has 3 heterocycles. The van der Waals surface area contributed by atoms with E-state index in [-0.39, 0.29) is 31.6 Å².